The van der Waals surface area contributed by atoms with Gasteiger partial charge in [0.2, 0.25) is 5.91 Å². The highest BCUT2D eigenvalue weighted by molar-refractivity contribution is 5.77. The lowest BCUT2D eigenvalue weighted by Gasteiger charge is -2.17. The summed E-state index contributed by atoms with van der Waals surface area (Å²) < 4.78 is 5.05. The first-order chi connectivity index (χ1) is 8.45. The van der Waals surface area contributed by atoms with E-state index in [1.165, 1.54) is 12.0 Å². The first-order valence-corrected chi connectivity index (χ1v) is 5.76. The van der Waals surface area contributed by atoms with E-state index in [0.29, 0.717) is 5.75 Å². The lowest BCUT2D eigenvalue weighted by atomic mass is 10.1. The highest BCUT2D eigenvalue weighted by atomic mass is 16.5. The lowest BCUT2D eigenvalue weighted by Crippen LogP contribution is -2.34. The maximum atomic E-state index is 11.5. The van der Waals surface area contributed by atoms with Crippen molar-refractivity contribution in [2.45, 2.75) is 13.0 Å². The van der Waals surface area contributed by atoms with Gasteiger partial charge in [0.1, 0.15) is 0 Å². The zero-order valence-corrected chi connectivity index (χ0v) is 11.2. The minimum Gasteiger partial charge on any atom is -0.504 e. The number of carbonyl (C=O) groups is 1. The summed E-state index contributed by atoms with van der Waals surface area (Å²) in [5, 5.41) is 12.6. The molecular formula is C13H20N2O3. The number of nitrogens with one attached hydrogen (secondary N) is 1. The Morgan fingerprint density at radius 2 is 2.17 bits per heavy atom. The largest absolute Gasteiger partial charge is 0.504 e. The van der Waals surface area contributed by atoms with Crippen molar-refractivity contribution in [2.24, 2.45) is 0 Å². The van der Waals surface area contributed by atoms with E-state index < -0.39 is 0 Å². The van der Waals surface area contributed by atoms with E-state index in [0.717, 1.165) is 5.56 Å². The normalized spacial score (nSPS) is 12.0. The number of carbonyl (C=O) groups excluding carboxylic acids is 1. The van der Waals surface area contributed by atoms with Gasteiger partial charge in [0.15, 0.2) is 11.5 Å². The summed E-state index contributed by atoms with van der Waals surface area (Å²) in [4.78, 5) is 13.0. The summed E-state index contributed by atoms with van der Waals surface area (Å²) in [7, 11) is 4.95. The van der Waals surface area contributed by atoms with E-state index in [1.807, 2.05) is 6.92 Å². The standard InChI is InChI=1S/C13H20N2O3/c1-9(14-8-13(17)15(2)3)10-5-6-11(16)12(7-10)18-4/h5-7,9,14,16H,8H2,1-4H3. The van der Waals surface area contributed by atoms with Crippen molar-refractivity contribution >= 4 is 5.91 Å². The van der Waals surface area contributed by atoms with E-state index in [9.17, 15) is 9.90 Å². The molecule has 1 atom stereocenters. The number of phenols is 1. The maximum absolute atomic E-state index is 11.5. The molecule has 0 aliphatic heterocycles. The van der Waals surface area contributed by atoms with Crippen LogP contribution >= 0.6 is 0 Å². The first kappa shape index (κ1) is 14.3. The van der Waals surface area contributed by atoms with Crippen LogP contribution in [0.25, 0.3) is 0 Å². The van der Waals surface area contributed by atoms with Crippen LogP contribution < -0.4 is 10.1 Å². The second-order valence-electron chi connectivity index (χ2n) is 4.32. The summed E-state index contributed by atoms with van der Waals surface area (Å²) in [6.07, 6.45) is 0. The van der Waals surface area contributed by atoms with Gasteiger partial charge in [0, 0.05) is 20.1 Å². The van der Waals surface area contributed by atoms with Gasteiger partial charge in [0.25, 0.3) is 0 Å². The topological polar surface area (TPSA) is 61.8 Å². The SMILES string of the molecule is COc1cc(C(C)NCC(=O)N(C)C)ccc1O. The number of amides is 1. The quantitative estimate of drug-likeness (QED) is 0.825. The molecule has 0 heterocycles. The van der Waals surface area contributed by atoms with Gasteiger partial charge in [-0.05, 0) is 24.6 Å². The second-order valence-corrected chi connectivity index (χ2v) is 4.32. The Morgan fingerprint density at radius 1 is 1.50 bits per heavy atom. The van der Waals surface area contributed by atoms with E-state index in [1.54, 1.807) is 32.3 Å². The molecule has 2 N–H and O–H groups in total. The number of aromatic hydroxyl groups is 1. The lowest BCUT2D eigenvalue weighted by molar-refractivity contribution is -0.127. The Bertz CT molecular complexity index is 419. The average Bonchev–Trinajstić information content (AvgIpc) is 2.35. The average molecular weight is 252 g/mol. The molecule has 1 amide bonds. The summed E-state index contributed by atoms with van der Waals surface area (Å²) >= 11 is 0. The molecular weight excluding hydrogens is 232 g/mol. The highest BCUT2D eigenvalue weighted by Crippen LogP contribution is 2.28. The molecule has 5 heteroatoms. The zero-order valence-electron chi connectivity index (χ0n) is 11.2. The fraction of sp³-hybridized carbons (Fsp3) is 0.462. The van der Waals surface area contributed by atoms with Crippen LogP contribution in [0.1, 0.15) is 18.5 Å². The third kappa shape index (κ3) is 3.63. The highest BCUT2D eigenvalue weighted by Gasteiger charge is 2.11. The van der Waals surface area contributed by atoms with Crippen molar-refractivity contribution in [1.29, 1.82) is 0 Å². The monoisotopic (exact) mass is 252 g/mol. The third-order valence-electron chi connectivity index (χ3n) is 2.76. The van der Waals surface area contributed by atoms with Gasteiger partial charge in [-0.15, -0.1) is 0 Å². The van der Waals surface area contributed by atoms with Crippen molar-refractivity contribution in [1.82, 2.24) is 10.2 Å². The third-order valence-corrected chi connectivity index (χ3v) is 2.76. The van der Waals surface area contributed by atoms with Crippen LogP contribution in [-0.4, -0.2) is 43.7 Å². The Morgan fingerprint density at radius 3 is 2.72 bits per heavy atom. The number of methoxy groups -OCH3 is 1. The number of ether oxygens (including phenoxy) is 1. The predicted octanol–water partition coefficient (Wildman–Crippen LogP) is 1.14. The molecule has 5 nitrogen and oxygen atoms in total. The molecule has 1 aromatic rings. The number of hydrogen-bond acceptors (Lipinski definition) is 4. The molecule has 100 valence electrons. The number of phenolic OH excluding ortho intramolecular Hbond substituents is 1. The van der Waals surface area contributed by atoms with E-state index in [4.69, 9.17) is 4.74 Å². The van der Waals surface area contributed by atoms with Gasteiger partial charge in [-0.1, -0.05) is 6.07 Å². The van der Waals surface area contributed by atoms with Crippen molar-refractivity contribution in [3.8, 4) is 11.5 Å². The number of nitrogens with zero attached hydrogens (tertiary/aromatic N) is 1. The molecule has 0 fully saturated rings. The number of rotatable bonds is 5. The smallest absolute Gasteiger partial charge is 0.236 e. The van der Waals surface area contributed by atoms with Crippen molar-refractivity contribution in [2.75, 3.05) is 27.7 Å². The van der Waals surface area contributed by atoms with E-state index in [2.05, 4.69) is 5.32 Å². The van der Waals surface area contributed by atoms with Crippen LogP contribution in [0.3, 0.4) is 0 Å². The molecule has 0 aliphatic rings. The fourth-order valence-corrected chi connectivity index (χ4v) is 1.48. The molecule has 0 saturated heterocycles. The molecule has 18 heavy (non-hydrogen) atoms. The van der Waals surface area contributed by atoms with Gasteiger partial charge in [-0.2, -0.15) is 0 Å². The van der Waals surface area contributed by atoms with Crippen molar-refractivity contribution in [3.05, 3.63) is 23.8 Å². The minimum atomic E-state index is 0.00315. The molecule has 0 radical (unpaired) electrons. The van der Waals surface area contributed by atoms with Crippen LogP contribution in [-0.2, 0) is 4.79 Å². The number of likely N-dealkylation sites (N-methyl/N-ethyl adjacent to an activating group) is 1. The molecule has 1 unspecified atom stereocenters. The predicted molar refractivity (Wildman–Crippen MR) is 69.8 cm³/mol. The molecule has 0 saturated carbocycles. The zero-order chi connectivity index (χ0) is 13.7. The molecule has 0 aliphatic carbocycles. The van der Waals surface area contributed by atoms with Crippen LogP contribution in [0, 0.1) is 0 Å². The van der Waals surface area contributed by atoms with E-state index >= 15 is 0 Å². The van der Waals surface area contributed by atoms with Crippen molar-refractivity contribution < 1.29 is 14.6 Å². The van der Waals surface area contributed by atoms with Crippen LogP contribution in [0.15, 0.2) is 18.2 Å². The summed E-state index contributed by atoms with van der Waals surface area (Å²) in [5.74, 6) is 0.561. The summed E-state index contributed by atoms with van der Waals surface area (Å²) in [6, 6.07) is 5.14. The van der Waals surface area contributed by atoms with Gasteiger partial charge < -0.3 is 20.1 Å². The second kappa shape index (κ2) is 6.26. The summed E-state index contributed by atoms with van der Waals surface area (Å²) in [5.41, 5.74) is 0.955. The minimum absolute atomic E-state index is 0.00315. The fourth-order valence-electron chi connectivity index (χ4n) is 1.48. The van der Waals surface area contributed by atoms with Crippen LogP contribution in [0.4, 0.5) is 0 Å². The number of benzene rings is 1. The van der Waals surface area contributed by atoms with Crippen LogP contribution in [0.2, 0.25) is 0 Å². The Hall–Kier alpha value is -1.75. The van der Waals surface area contributed by atoms with Gasteiger partial charge in [0.05, 0.1) is 13.7 Å². The van der Waals surface area contributed by atoms with Crippen molar-refractivity contribution in [3.63, 3.8) is 0 Å². The Balaban J connectivity index is 2.67. The van der Waals surface area contributed by atoms with Gasteiger partial charge in [-0.25, -0.2) is 0 Å². The van der Waals surface area contributed by atoms with E-state index in [-0.39, 0.29) is 24.2 Å². The first-order valence-electron chi connectivity index (χ1n) is 5.76. The molecule has 0 spiro atoms. The number of hydrogen-bond donors (Lipinski definition) is 2. The molecule has 1 rings (SSSR count). The molecule has 1 aromatic carbocycles. The van der Waals surface area contributed by atoms with Crippen LogP contribution in [0.5, 0.6) is 11.5 Å². The molecule has 0 aromatic heterocycles. The summed E-state index contributed by atoms with van der Waals surface area (Å²) in [6.45, 7) is 2.23. The Labute approximate surface area is 107 Å². The van der Waals surface area contributed by atoms with Gasteiger partial charge >= 0.3 is 0 Å². The molecule has 0 bridgehead atoms. The maximum Gasteiger partial charge on any atom is 0.236 e. The van der Waals surface area contributed by atoms with Gasteiger partial charge in [-0.3, -0.25) is 4.79 Å². The Kier molecular flexibility index (Phi) is 4.97.